The SMILES string of the molecule is O=C(COC(=O)CCC(=O)Nc1cccc(Cl)c1Cl)NNC(=O)c1ccc(Cl)cc1. The fraction of sp³-hybridized carbons (Fsp3) is 0.158. The first kappa shape index (κ1) is 23.5. The molecule has 3 amide bonds. The van der Waals surface area contributed by atoms with Gasteiger partial charge in [-0.25, -0.2) is 0 Å². The number of hydrogen-bond acceptors (Lipinski definition) is 5. The highest BCUT2D eigenvalue weighted by Gasteiger charge is 2.13. The van der Waals surface area contributed by atoms with Crippen molar-refractivity contribution in [1.82, 2.24) is 10.9 Å². The van der Waals surface area contributed by atoms with E-state index in [2.05, 4.69) is 16.2 Å². The predicted octanol–water partition coefficient (Wildman–Crippen LogP) is 3.37. The van der Waals surface area contributed by atoms with E-state index in [0.29, 0.717) is 10.7 Å². The number of rotatable bonds is 7. The van der Waals surface area contributed by atoms with Gasteiger partial charge < -0.3 is 10.1 Å². The molecule has 2 rings (SSSR count). The van der Waals surface area contributed by atoms with Gasteiger partial charge in [0, 0.05) is 17.0 Å². The molecule has 0 atom stereocenters. The number of anilines is 1. The number of amides is 3. The van der Waals surface area contributed by atoms with Gasteiger partial charge >= 0.3 is 5.97 Å². The Morgan fingerprint density at radius 1 is 0.833 bits per heavy atom. The Morgan fingerprint density at radius 3 is 2.23 bits per heavy atom. The molecule has 0 aliphatic heterocycles. The minimum Gasteiger partial charge on any atom is -0.455 e. The molecule has 3 N–H and O–H groups in total. The van der Waals surface area contributed by atoms with E-state index in [1.54, 1.807) is 18.2 Å². The van der Waals surface area contributed by atoms with E-state index in [1.807, 2.05) is 0 Å². The molecule has 0 saturated carbocycles. The van der Waals surface area contributed by atoms with Crippen molar-refractivity contribution in [2.45, 2.75) is 12.8 Å². The van der Waals surface area contributed by atoms with Gasteiger partial charge in [-0.1, -0.05) is 40.9 Å². The molecule has 0 spiro atoms. The lowest BCUT2D eigenvalue weighted by molar-refractivity contribution is -0.149. The Morgan fingerprint density at radius 2 is 1.53 bits per heavy atom. The molecule has 30 heavy (non-hydrogen) atoms. The second-order valence-corrected chi connectivity index (χ2v) is 7.04. The molecule has 158 valence electrons. The Balaban J connectivity index is 1.66. The van der Waals surface area contributed by atoms with Crippen LogP contribution in [0.3, 0.4) is 0 Å². The number of esters is 1. The average molecular weight is 473 g/mol. The normalized spacial score (nSPS) is 10.1. The summed E-state index contributed by atoms with van der Waals surface area (Å²) in [4.78, 5) is 47.1. The zero-order valence-corrected chi connectivity index (χ0v) is 17.6. The number of ether oxygens (including phenoxy) is 1. The van der Waals surface area contributed by atoms with Gasteiger partial charge in [0.05, 0.1) is 22.2 Å². The standard InChI is InChI=1S/C19H16Cl3N3O5/c20-12-6-4-11(5-7-12)19(29)25-24-16(27)10-30-17(28)9-8-15(26)23-14-3-1-2-13(21)18(14)22/h1-7H,8-10H2,(H,23,26)(H,24,27)(H,25,29). The van der Waals surface area contributed by atoms with Crippen LogP contribution in [0.5, 0.6) is 0 Å². The number of carbonyl (C=O) groups is 4. The van der Waals surface area contributed by atoms with Crippen LogP contribution in [0, 0.1) is 0 Å². The topological polar surface area (TPSA) is 114 Å². The number of hydrazine groups is 1. The fourth-order valence-corrected chi connectivity index (χ4v) is 2.56. The second-order valence-electron chi connectivity index (χ2n) is 5.82. The predicted molar refractivity (Wildman–Crippen MR) is 112 cm³/mol. The van der Waals surface area contributed by atoms with Crippen molar-refractivity contribution in [3.63, 3.8) is 0 Å². The Bertz CT molecular complexity index is 951. The lowest BCUT2D eigenvalue weighted by atomic mass is 10.2. The summed E-state index contributed by atoms with van der Waals surface area (Å²) in [5.41, 5.74) is 4.87. The molecule has 2 aromatic rings. The molecule has 2 aromatic carbocycles. The summed E-state index contributed by atoms with van der Waals surface area (Å²) in [5.74, 6) is -2.55. The van der Waals surface area contributed by atoms with Gasteiger partial charge in [-0.15, -0.1) is 0 Å². The minimum absolute atomic E-state index is 0.184. The smallest absolute Gasteiger partial charge is 0.306 e. The first-order valence-electron chi connectivity index (χ1n) is 8.50. The zero-order chi connectivity index (χ0) is 22.1. The third kappa shape index (κ3) is 7.55. The lowest BCUT2D eigenvalue weighted by Gasteiger charge is -2.09. The van der Waals surface area contributed by atoms with E-state index < -0.39 is 30.3 Å². The fourth-order valence-electron chi connectivity index (χ4n) is 2.08. The largest absolute Gasteiger partial charge is 0.455 e. The van der Waals surface area contributed by atoms with Gasteiger partial charge in [-0.2, -0.15) is 0 Å². The summed E-state index contributed by atoms with van der Waals surface area (Å²) >= 11 is 17.5. The monoisotopic (exact) mass is 471 g/mol. The van der Waals surface area contributed by atoms with Crippen LogP contribution in [-0.4, -0.2) is 30.3 Å². The molecule has 0 heterocycles. The van der Waals surface area contributed by atoms with Gasteiger partial charge in [0.2, 0.25) is 5.91 Å². The van der Waals surface area contributed by atoms with Crippen molar-refractivity contribution in [1.29, 1.82) is 0 Å². The minimum atomic E-state index is -0.762. The summed E-state index contributed by atoms with van der Waals surface area (Å²) in [6.07, 6.45) is -0.439. The highest BCUT2D eigenvalue weighted by molar-refractivity contribution is 6.44. The molecule has 0 aliphatic rings. The Kier molecular flexibility index (Phi) is 8.91. The van der Waals surface area contributed by atoms with Crippen molar-refractivity contribution in [3.8, 4) is 0 Å². The van der Waals surface area contributed by atoms with Gasteiger partial charge in [0.1, 0.15) is 0 Å². The van der Waals surface area contributed by atoms with Crippen LogP contribution in [0.1, 0.15) is 23.2 Å². The van der Waals surface area contributed by atoms with Crippen LogP contribution in [0.15, 0.2) is 42.5 Å². The van der Waals surface area contributed by atoms with Crippen molar-refractivity contribution in [3.05, 3.63) is 63.1 Å². The van der Waals surface area contributed by atoms with Gasteiger partial charge in [-0.3, -0.25) is 30.0 Å². The molecular weight excluding hydrogens is 457 g/mol. The molecule has 0 bridgehead atoms. The maximum atomic E-state index is 11.9. The van der Waals surface area contributed by atoms with E-state index in [9.17, 15) is 19.2 Å². The van der Waals surface area contributed by atoms with Crippen molar-refractivity contribution in [2.75, 3.05) is 11.9 Å². The van der Waals surface area contributed by atoms with E-state index in [1.165, 1.54) is 24.3 Å². The third-order valence-electron chi connectivity index (χ3n) is 3.57. The van der Waals surface area contributed by atoms with Crippen LogP contribution in [0.2, 0.25) is 15.1 Å². The molecular formula is C19H16Cl3N3O5. The lowest BCUT2D eigenvalue weighted by Crippen LogP contribution is -2.43. The van der Waals surface area contributed by atoms with Crippen LogP contribution < -0.4 is 16.2 Å². The van der Waals surface area contributed by atoms with Crippen molar-refractivity contribution in [2.24, 2.45) is 0 Å². The summed E-state index contributed by atoms with van der Waals surface area (Å²) in [6, 6.07) is 10.7. The number of carbonyl (C=O) groups excluding carboxylic acids is 4. The van der Waals surface area contributed by atoms with E-state index in [0.717, 1.165) is 0 Å². The first-order valence-corrected chi connectivity index (χ1v) is 9.64. The quantitative estimate of drug-likeness (QED) is 0.422. The highest BCUT2D eigenvalue weighted by Crippen LogP contribution is 2.29. The third-order valence-corrected chi connectivity index (χ3v) is 4.64. The van der Waals surface area contributed by atoms with Crippen molar-refractivity contribution >= 4 is 64.2 Å². The number of halogens is 3. The Labute approximate surface area is 186 Å². The molecule has 0 fully saturated rings. The van der Waals surface area contributed by atoms with Crippen LogP contribution in [0.4, 0.5) is 5.69 Å². The molecule has 0 unspecified atom stereocenters. The average Bonchev–Trinajstić information content (AvgIpc) is 2.72. The molecule has 0 radical (unpaired) electrons. The van der Waals surface area contributed by atoms with E-state index >= 15 is 0 Å². The number of benzene rings is 2. The summed E-state index contributed by atoms with van der Waals surface area (Å²) < 4.78 is 4.75. The van der Waals surface area contributed by atoms with Crippen LogP contribution >= 0.6 is 34.8 Å². The van der Waals surface area contributed by atoms with Crippen LogP contribution in [0.25, 0.3) is 0 Å². The molecule has 11 heteroatoms. The van der Waals surface area contributed by atoms with Crippen molar-refractivity contribution < 1.29 is 23.9 Å². The maximum Gasteiger partial charge on any atom is 0.306 e. The first-order chi connectivity index (χ1) is 14.3. The Hall–Kier alpha value is -2.81. The van der Waals surface area contributed by atoms with E-state index in [-0.39, 0.29) is 28.5 Å². The highest BCUT2D eigenvalue weighted by atomic mass is 35.5. The van der Waals surface area contributed by atoms with Gasteiger partial charge in [0.15, 0.2) is 6.61 Å². The molecule has 8 nitrogen and oxygen atoms in total. The van der Waals surface area contributed by atoms with Gasteiger partial charge in [-0.05, 0) is 36.4 Å². The molecule has 0 saturated heterocycles. The maximum absolute atomic E-state index is 11.9. The number of nitrogens with one attached hydrogen (secondary N) is 3. The number of hydrogen-bond donors (Lipinski definition) is 3. The summed E-state index contributed by atoms with van der Waals surface area (Å²) in [7, 11) is 0. The molecule has 0 aromatic heterocycles. The second kappa shape index (κ2) is 11.4. The summed E-state index contributed by atoms with van der Waals surface area (Å²) in [5, 5.41) is 3.46. The van der Waals surface area contributed by atoms with E-state index in [4.69, 9.17) is 39.5 Å². The molecule has 0 aliphatic carbocycles. The summed E-state index contributed by atoms with van der Waals surface area (Å²) in [6.45, 7) is -0.624. The zero-order valence-electron chi connectivity index (χ0n) is 15.3. The van der Waals surface area contributed by atoms with Gasteiger partial charge in [0.25, 0.3) is 11.8 Å². The van der Waals surface area contributed by atoms with Crippen LogP contribution in [-0.2, 0) is 19.1 Å².